The molecular formula is C11H18N2. The Morgan fingerprint density at radius 1 is 1.46 bits per heavy atom. The van der Waals surface area contributed by atoms with Crippen LogP contribution in [0.5, 0.6) is 0 Å². The Bertz CT molecular complexity index is 237. The fourth-order valence-corrected chi connectivity index (χ4v) is 1.34. The Balaban J connectivity index is 2.19. The van der Waals surface area contributed by atoms with Gasteiger partial charge in [-0.25, -0.2) is 4.98 Å². The van der Waals surface area contributed by atoms with Gasteiger partial charge in [-0.3, -0.25) is 0 Å². The third kappa shape index (κ3) is 3.45. The van der Waals surface area contributed by atoms with E-state index in [1.807, 2.05) is 6.20 Å². The third-order valence-corrected chi connectivity index (χ3v) is 2.17. The number of unbranched alkanes of at least 4 members (excludes halogenated alkanes) is 3. The van der Waals surface area contributed by atoms with Gasteiger partial charge in [0.1, 0.15) is 5.82 Å². The van der Waals surface area contributed by atoms with Gasteiger partial charge in [0.15, 0.2) is 0 Å². The molecule has 1 heterocycles. The fourth-order valence-electron chi connectivity index (χ4n) is 1.34. The molecule has 1 rings (SSSR count). The monoisotopic (exact) mass is 178 g/mol. The number of hydrogen-bond donors (Lipinski definition) is 1. The number of rotatable bonds is 6. The number of aromatic amines is 1. The summed E-state index contributed by atoms with van der Waals surface area (Å²) in [5.41, 5.74) is 1.13. The normalized spacial score (nSPS) is 10.2. The Morgan fingerprint density at radius 2 is 2.31 bits per heavy atom. The van der Waals surface area contributed by atoms with Crippen molar-refractivity contribution in [3.8, 4) is 0 Å². The smallest absolute Gasteiger partial charge is 0.132 e. The van der Waals surface area contributed by atoms with Crippen LogP contribution in [0.4, 0.5) is 0 Å². The van der Waals surface area contributed by atoms with Crippen molar-refractivity contribution >= 4 is 5.57 Å². The minimum absolute atomic E-state index is 0.941. The molecule has 0 unspecified atom stereocenters. The van der Waals surface area contributed by atoms with E-state index in [2.05, 4.69) is 23.5 Å². The first kappa shape index (κ1) is 10.0. The number of nitrogens with zero attached hydrogens (tertiary/aromatic N) is 1. The van der Waals surface area contributed by atoms with E-state index < -0.39 is 0 Å². The van der Waals surface area contributed by atoms with Crippen molar-refractivity contribution in [2.45, 2.75) is 39.0 Å². The van der Waals surface area contributed by atoms with Gasteiger partial charge in [0.2, 0.25) is 0 Å². The molecule has 13 heavy (non-hydrogen) atoms. The molecule has 0 aliphatic carbocycles. The van der Waals surface area contributed by atoms with Gasteiger partial charge < -0.3 is 4.98 Å². The lowest BCUT2D eigenvalue weighted by Crippen LogP contribution is -1.86. The summed E-state index contributed by atoms with van der Waals surface area (Å²) in [5.74, 6) is 0.941. The van der Waals surface area contributed by atoms with Crippen LogP contribution in [0, 0.1) is 0 Å². The Labute approximate surface area is 80.1 Å². The highest BCUT2D eigenvalue weighted by Gasteiger charge is 1.99. The summed E-state index contributed by atoms with van der Waals surface area (Å²) >= 11 is 0. The molecule has 1 aromatic heterocycles. The van der Waals surface area contributed by atoms with Crippen molar-refractivity contribution in [1.29, 1.82) is 0 Å². The Morgan fingerprint density at radius 3 is 2.92 bits per heavy atom. The van der Waals surface area contributed by atoms with Crippen molar-refractivity contribution in [1.82, 2.24) is 9.97 Å². The second kappa shape index (κ2) is 5.57. The molecule has 0 saturated heterocycles. The highest BCUT2D eigenvalue weighted by atomic mass is 14.9. The summed E-state index contributed by atoms with van der Waals surface area (Å²) < 4.78 is 0. The lowest BCUT2D eigenvalue weighted by atomic mass is 10.1. The molecule has 0 bridgehead atoms. The maximum Gasteiger partial charge on any atom is 0.132 e. The highest BCUT2D eigenvalue weighted by molar-refractivity contribution is 5.56. The van der Waals surface area contributed by atoms with Crippen LogP contribution >= 0.6 is 0 Å². The molecule has 0 amide bonds. The van der Waals surface area contributed by atoms with Crippen molar-refractivity contribution in [2.75, 3.05) is 0 Å². The summed E-state index contributed by atoms with van der Waals surface area (Å²) in [7, 11) is 0. The van der Waals surface area contributed by atoms with Crippen molar-refractivity contribution in [3.05, 3.63) is 24.8 Å². The first-order valence-electron chi connectivity index (χ1n) is 5.02. The summed E-state index contributed by atoms with van der Waals surface area (Å²) in [4.78, 5) is 7.23. The number of H-pyrrole nitrogens is 1. The van der Waals surface area contributed by atoms with Gasteiger partial charge in [-0.15, -0.1) is 0 Å². The minimum Gasteiger partial charge on any atom is -0.345 e. The molecule has 0 radical (unpaired) electrons. The topological polar surface area (TPSA) is 28.7 Å². The van der Waals surface area contributed by atoms with Crippen LogP contribution in [0.3, 0.4) is 0 Å². The minimum atomic E-state index is 0.941. The molecule has 0 saturated carbocycles. The standard InChI is InChI=1S/C11H18N2/c1-3-4-5-6-7-10(2)11-12-8-9-13-11/h8-9H,2-7H2,1H3,(H,12,13). The Hall–Kier alpha value is -1.05. The maximum absolute atomic E-state index is 4.16. The van der Waals surface area contributed by atoms with Gasteiger partial charge in [-0.1, -0.05) is 32.8 Å². The van der Waals surface area contributed by atoms with Crippen LogP contribution in [-0.2, 0) is 0 Å². The second-order valence-electron chi connectivity index (χ2n) is 3.35. The van der Waals surface area contributed by atoms with Crippen LogP contribution in [-0.4, -0.2) is 9.97 Å². The number of hydrogen-bond acceptors (Lipinski definition) is 1. The predicted octanol–water partition coefficient (Wildman–Crippen LogP) is 3.39. The molecule has 0 fully saturated rings. The third-order valence-electron chi connectivity index (χ3n) is 2.17. The lowest BCUT2D eigenvalue weighted by Gasteiger charge is -2.01. The van der Waals surface area contributed by atoms with Crippen LogP contribution in [0.1, 0.15) is 44.9 Å². The van der Waals surface area contributed by atoms with Crippen LogP contribution in [0.15, 0.2) is 19.0 Å². The molecule has 2 heteroatoms. The average molecular weight is 178 g/mol. The molecule has 72 valence electrons. The van der Waals surface area contributed by atoms with Crippen LogP contribution in [0.2, 0.25) is 0 Å². The van der Waals surface area contributed by atoms with Crippen molar-refractivity contribution in [3.63, 3.8) is 0 Å². The first-order chi connectivity index (χ1) is 6.34. The van der Waals surface area contributed by atoms with Crippen LogP contribution < -0.4 is 0 Å². The fraction of sp³-hybridized carbons (Fsp3) is 0.545. The molecule has 0 atom stereocenters. The van der Waals surface area contributed by atoms with E-state index in [0.29, 0.717) is 0 Å². The summed E-state index contributed by atoms with van der Waals surface area (Å²) in [5, 5.41) is 0. The zero-order chi connectivity index (χ0) is 9.52. The van der Waals surface area contributed by atoms with E-state index in [-0.39, 0.29) is 0 Å². The molecule has 1 aromatic rings. The molecular weight excluding hydrogens is 160 g/mol. The van der Waals surface area contributed by atoms with E-state index in [9.17, 15) is 0 Å². The number of aromatic nitrogens is 2. The molecule has 0 aromatic carbocycles. The summed E-state index contributed by atoms with van der Waals surface area (Å²) in [6.45, 7) is 6.22. The van der Waals surface area contributed by atoms with Gasteiger partial charge in [0.05, 0.1) is 0 Å². The quantitative estimate of drug-likeness (QED) is 0.664. The second-order valence-corrected chi connectivity index (χ2v) is 3.35. The lowest BCUT2D eigenvalue weighted by molar-refractivity contribution is 0.678. The van der Waals surface area contributed by atoms with Crippen molar-refractivity contribution < 1.29 is 0 Å². The maximum atomic E-state index is 4.16. The van der Waals surface area contributed by atoms with E-state index >= 15 is 0 Å². The number of nitrogens with one attached hydrogen (secondary N) is 1. The average Bonchev–Trinajstić information content (AvgIpc) is 2.65. The predicted molar refractivity (Wildman–Crippen MR) is 56.4 cm³/mol. The largest absolute Gasteiger partial charge is 0.345 e. The van der Waals surface area contributed by atoms with Gasteiger partial charge in [-0.2, -0.15) is 0 Å². The number of allylic oxidation sites excluding steroid dienone is 1. The Kier molecular flexibility index (Phi) is 4.30. The molecule has 1 N–H and O–H groups in total. The molecule has 2 nitrogen and oxygen atoms in total. The summed E-state index contributed by atoms with van der Waals surface area (Å²) in [6, 6.07) is 0. The van der Waals surface area contributed by atoms with Gasteiger partial charge in [-0.05, 0) is 18.4 Å². The van der Waals surface area contributed by atoms with Gasteiger partial charge in [0.25, 0.3) is 0 Å². The molecule has 0 spiro atoms. The van der Waals surface area contributed by atoms with E-state index in [4.69, 9.17) is 0 Å². The molecule has 0 aliphatic heterocycles. The first-order valence-corrected chi connectivity index (χ1v) is 5.02. The van der Waals surface area contributed by atoms with E-state index in [1.165, 1.54) is 25.7 Å². The molecule has 0 aliphatic rings. The van der Waals surface area contributed by atoms with E-state index in [1.54, 1.807) is 6.20 Å². The SMILES string of the molecule is C=C(CCCCCC)c1ncc[nH]1. The van der Waals surface area contributed by atoms with Gasteiger partial charge in [0, 0.05) is 12.4 Å². The summed E-state index contributed by atoms with van der Waals surface area (Å²) in [6.07, 6.45) is 9.81. The zero-order valence-corrected chi connectivity index (χ0v) is 8.34. The van der Waals surface area contributed by atoms with Crippen LogP contribution in [0.25, 0.3) is 5.57 Å². The van der Waals surface area contributed by atoms with E-state index in [0.717, 1.165) is 17.8 Å². The zero-order valence-electron chi connectivity index (χ0n) is 8.34. The number of imidazole rings is 1. The van der Waals surface area contributed by atoms with Crippen molar-refractivity contribution in [2.24, 2.45) is 0 Å². The highest BCUT2D eigenvalue weighted by Crippen LogP contribution is 2.15. The van der Waals surface area contributed by atoms with Gasteiger partial charge >= 0.3 is 0 Å².